The second-order valence-corrected chi connectivity index (χ2v) is 7.25. The molecule has 0 aliphatic heterocycles. The summed E-state index contributed by atoms with van der Waals surface area (Å²) in [4.78, 5) is 28.9. The maximum atomic E-state index is 12.9. The molecular formula is C27H42N2O2. The highest BCUT2D eigenvalue weighted by atomic mass is 16.2. The number of hydrogen-bond donors (Lipinski definition) is 0. The molecule has 0 radical (unpaired) electrons. The first-order valence-electron chi connectivity index (χ1n) is 10.8. The second-order valence-electron chi connectivity index (χ2n) is 7.25. The van der Waals surface area contributed by atoms with Crippen LogP contribution in [0.2, 0.25) is 0 Å². The van der Waals surface area contributed by atoms with Crippen LogP contribution in [0.5, 0.6) is 0 Å². The number of allylic oxidation sites excluding steroid dienone is 6. The number of likely N-dealkylation sites (N-methyl/N-ethyl adjacent to an activating group) is 2. The van der Waals surface area contributed by atoms with Crippen molar-refractivity contribution in [1.82, 2.24) is 9.80 Å². The Labute approximate surface area is 191 Å². The van der Waals surface area contributed by atoms with Gasteiger partial charge in [0.05, 0.1) is 0 Å². The normalized spacial score (nSPS) is 18.0. The highest BCUT2D eigenvalue weighted by molar-refractivity contribution is 5.83. The molecule has 0 aromatic rings. The Hall–Kier alpha value is -2.80. The molecule has 0 saturated heterocycles. The zero-order valence-corrected chi connectivity index (χ0v) is 20.4. The third-order valence-electron chi connectivity index (χ3n) is 4.78. The molecule has 1 fully saturated rings. The molecule has 1 saturated carbocycles. The average Bonchev–Trinajstić information content (AvgIpc) is 2.77. The third-order valence-corrected chi connectivity index (χ3v) is 4.78. The summed E-state index contributed by atoms with van der Waals surface area (Å²) in [6.07, 6.45) is 20.9. The van der Waals surface area contributed by atoms with Gasteiger partial charge in [-0.2, -0.15) is 0 Å². The lowest BCUT2D eigenvalue weighted by Gasteiger charge is -2.32. The van der Waals surface area contributed by atoms with Gasteiger partial charge in [-0.1, -0.05) is 49.5 Å². The summed E-state index contributed by atoms with van der Waals surface area (Å²) in [7, 11) is 3.63. The summed E-state index contributed by atoms with van der Waals surface area (Å²) < 4.78 is 0. The van der Waals surface area contributed by atoms with E-state index in [1.165, 1.54) is 0 Å². The monoisotopic (exact) mass is 426 g/mol. The Kier molecular flexibility index (Phi) is 18.8. The Morgan fingerprint density at radius 1 is 1.10 bits per heavy atom. The molecule has 2 amide bonds. The van der Waals surface area contributed by atoms with Crippen LogP contribution in [-0.2, 0) is 9.59 Å². The molecule has 31 heavy (non-hydrogen) atoms. The Morgan fingerprint density at radius 2 is 1.61 bits per heavy atom. The number of terminal acetylenes is 1. The van der Waals surface area contributed by atoms with Gasteiger partial charge in [0.15, 0.2) is 0 Å². The van der Waals surface area contributed by atoms with Crippen LogP contribution >= 0.6 is 0 Å². The Balaban J connectivity index is 0. The molecule has 1 aliphatic carbocycles. The van der Waals surface area contributed by atoms with Crippen LogP contribution in [0.1, 0.15) is 53.4 Å². The highest BCUT2D eigenvalue weighted by Gasteiger charge is 2.33. The quantitative estimate of drug-likeness (QED) is 0.295. The van der Waals surface area contributed by atoms with Gasteiger partial charge in [-0.3, -0.25) is 9.59 Å². The molecule has 2 unspecified atom stereocenters. The van der Waals surface area contributed by atoms with E-state index in [1.54, 1.807) is 35.9 Å². The van der Waals surface area contributed by atoms with E-state index < -0.39 is 0 Å². The number of hydrogen-bond acceptors (Lipinski definition) is 2. The Morgan fingerprint density at radius 3 is 2.06 bits per heavy atom. The van der Waals surface area contributed by atoms with E-state index in [9.17, 15) is 9.59 Å². The molecule has 0 spiro atoms. The smallest absolute Gasteiger partial charge is 0.229 e. The lowest BCUT2D eigenvalue weighted by molar-refractivity contribution is -0.138. The summed E-state index contributed by atoms with van der Waals surface area (Å²) in [5.74, 6) is 2.35. The van der Waals surface area contributed by atoms with Crippen LogP contribution in [0, 0.1) is 24.2 Å². The number of carbonyl (C=O) groups excluding carboxylic acids is 2. The molecule has 0 aromatic carbocycles. The summed E-state index contributed by atoms with van der Waals surface area (Å²) >= 11 is 0. The first-order chi connectivity index (χ1) is 14.8. The molecule has 4 nitrogen and oxygen atoms in total. The maximum Gasteiger partial charge on any atom is 0.229 e. The predicted molar refractivity (Wildman–Crippen MR) is 134 cm³/mol. The second kappa shape index (κ2) is 19.2. The zero-order chi connectivity index (χ0) is 24.2. The van der Waals surface area contributed by atoms with Crippen molar-refractivity contribution in [2.45, 2.75) is 53.4 Å². The summed E-state index contributed by atoms with van der Waals surface area (Å²) in [5.41, 5.74) is 0.851. The summed E-state index contributed by atoms with van der Waals surface area (Å²) in [5, 5.41) is 0. The third kappa shape index (κ3) is 12.5. The standard InChI is InChI=1S/C21H32N2O2.C3H6.C3H4/c1-6-9-14-19(8-3)23(5)21(25)18-13-11-12-17(16-18)20(24)22(4)15-10-7-2;2*1-3-2/h6-10,14,17-18H,1,11-13,15-16H2,2-5H3;3H,1H2,2H3;1H,2H3/b10-7-,14-9-,19-8+;;. The zero-order valence-electron chi connectivity index (χ0n) is 20.4. The van der Waals surface area contributed by atoms with Crippen molar-refractivity contribution in [3.63, 3.8) is 0 Å². The molecule has 0 aromatic heterocycles. The van der Waals surface area contributed by atoms with E-state index in [4.69, 9.17) is 0 Å². The van der Waals surface area contributed by atoms with Gasteiger partial charge in [0.1, 0.15) is 0 Å². The molecule has 2 atom stereocenters. The van der Waals surface area contributed by atoms with Gasteiger partial charge in [0.25, 0.3) is 0 Å². The minimum Gasteiger partial charge on any atom is -0.342 e. The fraction of sp³-hybridized carbons (Fsp3) is 0.481. The van der Waals surface area contributed by atoms with Crippen molar-refractivity contribution >= 4 is 11.8 Å². The fourth-order valence-electron chi connectivity index (χ4n) is 3.27. The SMILES string of the molecule is C#CC.C=C/C=C\C(=C/C)N(C)C(=O)C1CCCC(C(=O)N(C)C/C=C\C)C1.C=CC. The number of carbonyl (C=O) groups is 2. The van der Waals surface area contributed by atoms with Gasteiger partial charge in [-0.25, -0.2) is 0 Å². The maximum absolute atomic E-state index is 12.9. The molecule has 1 aliphatic rings. The molecule has 0 bridgehead atoms. The van der Waals surface area contributed by atoms with Gasteiger partial charge >= 0.3 is 0 Å². The Bertz CT molecular complexity index is 680. The van der Waals surface area contributed by atoms with Gasteiger partial charge in [0.2, 0.25) is 11.8 Å². The van der Waals surface area contributed by atoms with E-state index in [1.807, 2.05) is 58.2 Å². The van der Waals surface area contributed by atoms with Crippen LogP contribution in [0.15, 0.2) is 61.4 Å². The van der Waals surface area contributed by atoms with Gasteiger partial charge in [0, 0.05) is 38.2 Å². The van der Waals surface area contributed by atoms with Crippen LogP contribution in [-0.4, -0.2) is 42.3 Å². The molecule has 4 heteroatoms. The van der Waals surface area contributed by atoms with E-state index in [0.29, 0.717) is 13.0 Å². The minimum atomic E-state index is -0.0881. The van der Waals surface area contributed by atoms with E-state index >= 15 is 0 Å². The average molecular weight is 427 g/mol. The molecule has 1 rings (SSSR count). The molecular weight excluding hydrogens is 384 g/mol. The van der Waals surface area contributed by atoms with Crippen molar-refractivity contribution in [3.05, 3.63) is 61.4 Å². The number of rotatable bonds is 7. The lowest BCUT2D eigenvalue weighted by atomic mass is 9.80. The van der Waals surface area contributed by atoms with E-state index in [-0.39, 0.29) is 23.7 Å². The van der Waals surface area contributed by atoms with Crippen molar-refractivity contribution in [2.75, 3.05) is 20.6 Å². The fourth-order valence-corrected chi connectivity index (χ4v) is 3.27. The topological polar surface area (TPSA) is 40.6 Å². The molecule has 0 N–H and O–H groups in total. The van der Waals surface area contributed by atoms with Crippen molar-refractivity contribution in [1.29, 1.82) is 0 Å². The van der Waals surface area contributed by atoms with Crippen molar-refractivity contribution in [3.8, 4) is 12.3 Å². The van der Waals surface area contributed by atoms with Crippen molar-refractivity contribution < 1.29 is 9.59 Å². The van der Waals surface area contributed by atoms with Gasteiger partial charge < -0.3 is 9.80 Å². The number of nitrogens with zero attached hydrogens (tertiary/aromatic N) is 2. The van der Waals surface area contributed by atoms with Crippen LogP contribution in [0.4, 0.5) is 0 Å². The van der Waals surface area contributed by atoms with E-state index in [0.717, 1.165) is 25.0 Å². The van der Waals surface area contributed by atoms with Crippen LogP contribution in [0.25, 0.3) is 0 Å². The molecule has 172 valence electrons. The molecule has 0 heterocycles. The summed E-state index contributed by atoms with van der Waals surface area (Å²) in [6.45, 7) is 15.1. The summed E-state index contributed by atoms with van der Waals surface area (Å²) in [6, 6.07) is 0. The minimum absolute atomic E-state index is 0.0517. The van der Waals surface area contributed by atoms with Crippen molar-refractivity contribution in [2.24, 2.45) is 11.8 Å². The lowest BCUT2D eigenvalue weighted by Crippen LogP contribution is -2.40. The van der Waals surface area contributed by atoms with Crippen LogP contribution in [0.3, 0.4) is 0 Å². The first-order valence-corrected chi connectivity index (χ1v) is 10.8. The van der Waals surface area contributed by atoms with Crippen LogP contribution < -0.4 is 0 Å². The number of amides is 2. The van der Waals surface area contributed by atoms with E-state index in [2.05, 4.69) is 25.5 Å². The first kappa shape index (κ1) is 30.4. The van der Waals surface area contributed by atoms with Gasteiger partial charge in [-0.15, -0.1) is 18.9 Å². The predicted octanol–water partition coefficient (Wildman–Crippen LogP) is 5.76. The largest absolute Gasteiger partial charge is 0.342 e. The van der Waals surface area contributed by atoms with Gasteiger partial charge in [-0.05, 0) is 53.0 Å². The highest BCUT2D eigenvalue weighted by Crippen LogP contribution is 2.32.